The van der Waals surface area contributed by atoms with Gasteiger partial charge in [0, 0.05) is 29.1 Å². The van der Waals surface area contributed by atoms with Crippen LogP contribution in [0.1, 0.15) is 64.2 Å². The van der Waals surface area contributed by atoms with E-state index in [1.807, 2.05) is 0 Å². The predicted molar refractivity (Wildman–Crippen MR) is 126 cm³/mol. The van der Waals surface area contributed by atoms with Gasteiger partial charge in [0.2, 0.25) is 5.13 Å². The molecule has 0 unspecified atom stereocenters. The minimum absolute atomic E-state index is 0.173. The molecule has 4 saturated carbocycles. The Labute approximate surface area is 196 Å². The van der Waals surface area contributed by atoms with Crippen LogP contribution in [0, 0.1) is 17.8 Å². The zero-order chi connectivity index (χ0) is 22.4. The molecule has 1 aromatic carbocycles. The summed E-state index contributed by atoms with van der Waals surface area (Å²) in [6.45, 7) is 0. The molecule has 4 bridgehead atoms. The van der Waals surface area contributed by atoms with Gasteiger partial charge in [-0.3, -0.25) is 19.9 Å². The Kier molecular flexibility index (Phi) is 4.98. The molecule has 0 saturated heterocycles. The molecule has 8 heteroatoms. The van der Waals surface area contributed by atoms with Crippen LogP contribution >= 0.6 is 11.3 Å². The molecular weight excluding hydrogens is 434 g/mol. The number of nitrogens with zero attached hydrogens (tertiary/aromatic N) is 3. The van der Waals surface area contributed by atoms with Crippen LogP contribution in [0.25, 0.3) is 0 Å². The Balaban J connectivity index is 1.15. The summed E-state index contributed by atoms with van der Waals surface area (Å²) in [4.78, 5) is 29.2. The van der Waals surface area contributed by atoms with Crippen LogP contribution in [-0.2, 0) is 5.41 Å². The number of carbonyl (C=O) groups excluding carboxylic acids is 2. The Bertz CT molecular complexity index is 1170. The number of carbonyl (C=O) groups is 2. The quantitative estimate of drug-likeness (QED) is 0.565. The fourth-order valence-electron chi connectivity index (χ4n) is 6.47. The highest BCUT2D eigenvalue weighted by molar-refractivity contribution is 7.15. The molecule has 0 radical (unpaired) electrons. The van der Waals surface area contributed by atoms with Gasteiger partial charge < -0.3 is 5.32 Å². The highest BCUT2D eigenvalue weighted by atomic mass is 32.1. The van der Waals surface area contributed by atoms with Gasteiger partial charge in [-0.05, 0) is 86.6 Å². The van der Waals surface area contributed by atoms with Crippen molar-refractivity contribution in [1.82, 2.24) is 15.2 Å². The fraction of sp³-hybridized carbons (Fsp3) is 0.400. The lowest BCUT2D eigenvalue weighted by molar-refractivity contribution is -0.00555. The monoisotopic (exact) mass is 459 g/mol. The van der Waals surface area contributed by atoms with E-state index in [1.165, 1.54) is 56.1 Å². The van der Waals surface area contributed by atoms with Crippen LogP contribution in [0.4, 0.5) is 10.8 Å². The van der Waals surface area contributed by atoms with Crippen LogP contribution in [0.15, 0.2) is 48.8 Å². The summed E-state index contributed by atoms with van der Waals surface area (Å²) in [5.74, 6) is 1.97. The second kappa shape index (κ2) is 8.02. The topological polar surface area (TPSA) is 96.9 Å². The number of hydrogen-bond donors (Lipinski definition) is 2. The standard InChI is InChI=1S/C25H25N5O2S/c31-21(18-3-1-5-20(10-18)27-22(32)19-4-2-6-26-14-19)28-24-30-29-23(33-24)25-11-15-7-16(12-25)9-17(8-15)13-25/h1-6,10,14-17H,7-9,11-13H2,(H,27,32)(H,28,30,31). The third-order valence-electron chi connectivity index (χ3n) is 7.44. The molecule has 33 heavy (non-hydrogen) atoms. The number of nitrogens with one attached hydrogen (secondary N) is 2. The molecule has 0 aliphatic heterocycles. The van der Waals surface area contributed by atoms with Crippen LogP contribution in [-0.4, -0.2) is 27.0 Å². The summed E-state index contributed by atoms with van der Waals surface area (Å²) >= 11 is 1.53. The van der Waals surface area contributed by atoms with Gasteiger partial charge in [-0.25, -0.2) is 0 Å². The summed E-state index contributed by atoms with van der Waals surface area (Å²) < 4.78 is 0. The third-order valence-corrected chi connectivity index (χ3v) is 8.53. The van der Waals surface area contributed by atoms with E-state index in [0.717, 1.165) is 22.8 Å². The van der Waals surface area contributed by atoms with Gasteiger partial charge >= 0.3 is 0 Å². The maximum atomic E-state index is 12.9. The highest BCUT2D eigenvalue weighted by Gasteiger charge is 2.53. The summed E-state index contributed by atoms with van der Waals surface area (Å²) in [5.41, 5.74) is 1.62. The van der Waals surface area contributed by atoms with Crippen molar-refractivity contribution in [3.05, 3.63) is 64.9 Å². The molecule has 4 aliphatic carbocycles. The molecule has 0 atom stereocenters. The smallest absolute Gasteiger partial charge is 0.257 e. The van der Waals surface area contributed by atoms with Crippen molar-refractivity contribution < 1.29 is 9.59 Å². The maximum Gasteiger partial charge on any atom is 0.257 e. The van der Waals surface area contributed by atoms with E-state index < -0.39 is 0 Å². The summed E-state index contributed by atoms with van der Waals surface area (Å²) in [6, 6.07) is 10.3. The Hall–Kier alpha value is -3.13. The van der Waals surface area contributed by atoms with Crippen molar-refractivity contribution in [1.29, 1.82) is 0 Å². The number of rotatable bonds is 5. The van der Waals surface area contributed by atoms with Crippen molar-refractivity contribution in [3.8, 4) is 0 Å². The predicted octanol–water partition coefficient (Wildman–Crippen LogP) is 4.91. The zero-order valence-electron chi connectivity index (χ0n) is 18.2. The number of amides is 2. The van der Waals surface area contributed by atoms with E-state index in [2.05, 4.69) is 25.8 Å². The van der Waals surface area contributed by atoms with Gasteiger partial charge in [0.25, 0.3) is 11.8 Å². The van der Waals surface area contributed by atoms with Crippen LogP contribution < -0.4 is 10.6 Å². The van der Waals surface area contributed by atoms with Crippen LogP contribution in [0.2, 0.25) is 0 Å². The van der Waals surface area contributed by atoms with Crippen molar-refractivity contribution >= 4 is 34.0 Å². The molecule has 0 spiro atoms. The van der Waals surface area contributed by atoms with Gasteiger partial charge in [0.1, 0.15) is 5.01 Å². The van der Waals surface area contributed by atoms with Crippen molar-refractivity contribution in [3.63, 3.8) is 0 Å². The lowest BCUT2D eigenvalue weighted by Crippen LogP contribution is -2.48. The van der Waals surface area contributed by atoms with E-state index in [0.29, 0.717) is 21.9 Å². The largest absolute Gasteiger partial charge is 0.322 e. The van der Waals surface area contributed by atoms with E-state index >= 15 is 0 Å². The van der Waals surface area contributed by atoms with Crippen molar-refractivity contribution in [2.75, 3.05) is 10.6 Å². The molecular formula is C25H25N5O2S. The van der Waals surface area contributed by atoms with E-state index in [1.54, 1.807) is 42.6 Å². The third kappa shape index (κ3) is 3.93. The molecule has 168 valence electrons. The molecule has 4 aliphatic rings. The molecule has 7 nitrogen and oxygen atoms in total. The van der Waals surface area contributed by atoms with Gasteiger partial charge in [-0.2, -0.15) is 0 Å². The normalized spacial score (nSPS) is 27.3. The Morgan fingerprint density at radius 3 is 2.27 bits per heavy atom. The SMILES string of the molecule is O=C(Nc1cccc(C(=O)Nc2nnc(C34CC5CC(CC(C5)C3)C4)s2)c1)c1cccnc1. The molecule has 4 fully saturated rings. The number of benzene rings is 1. The average molecular weight is 460 g/mol. The number of pyridine rings is 1. The van der Waals surface area contributed by atoms with Gasteiger partial charge in [0.15, 0.2) is 0 Å². The van der Waals surface area contributed by atoms with E-state index in [-0.39, 0.29) is 17.2 Å². The first kappa shape index (κ1) is 20.5. The molecule has 2 N–H and O–H groups in total. The first-order valence-corrected chi connectivity index (χ1v) is 12.3. The van der Waals surface area contributed by atoms with Crippen molar-refractivity contribution in [2.24, 2.45) is 17.8 Å². The number of aromatic nitrogens is 3. The van der Waals surface area contributed by atoms with Gasteiger partial charge in [-0.15, -0.1) is 10.2 Å². The summed E-state index contributed by atoms with van der Waals surface area (Å²) in [7, 11) is 0. The Morgan fingerprint density at radius 2 is 1.58 bits per heavy atom. The number of hydrogen-bond acceptors (Lipinski definition) is 6. The molecule has 2 heterocycles. The first-order chi connectivity index (χ1) is 16.1. The fourth-order valence-corrected chi connectivity index (χ4v) is 7.43. The lowest BCUT2D eigenvalue weighted by Gasteiger charge is -2.55. The van der Waals surface area contributed by atoms with E-state index in [4.69, 9.17) is 0 Å². The van der Waals surface area contributed by atoms with Crippen molar-refractivity contribution in [2.45, 2.75) is 43.9 Å². The molecule has 7 rings (SSSR count). The minimum Gasteiger partial charge on any atom is -0.322 e. The molecule has 2 aromatic heterocycles. The molecule has 2 amide bonds. The van der Waals surface area contributed by atoms with Crippen LogP contribution in [0.5, 0.6) is 0 Å². The second-order valence-electron chi connectivity index (χ2n) is 9.84. The van der Waals surface area contributed by atoms with Gasteiger partial charge in [-0.1, -0.05) is 17.4 Å². The number of anilines is 2. The zero-order valence-corrected chi connectivity index (χ0v) is 19.0. The minimum atomic E-state index is -0.273. The van der Waals surface area contributed by atoms with E-state index in [9.17, 15) is 9.59 Å². The molecule has 3 aromatic rings. The summed E-state index contributed by atoms with van der Waals surface area (Å²) in [6.07, 6.45) is 10.9. The van der Waals surface area contributed by atoms with Gasteiger partial charge in [0.05, 0.1) is 5.56 Å². The summed E-state index contributed by atoms with van der Waals surface area (Å²) in [5, 5.41) is 16.2. The van der Waals surface area contributed by atoms with Crippen LogP contribution in [0.3, 0.4) is 0 Å². The maximum absolute atomic E-state index is 12.9. The highest BCUT2D eigenvalue weighted by Crippen LogP contribution is 2.61. The lowest BCUT2D eigenvalue weighted by atomic mass is 9.50. The average Bonchev–Trinajstić information content (AvgIpc) is 3.28. The Morgan fingerprint density at radius 1 is 0.879 bits per heavy atom. The first-order valence-electron chi connectivity index (χ1n) is 11.5. The second-order valence-corrected chi connectivity index (χ2v) is 10.8.